The molecule has 0 saturated heterocycles. The van der Waals surface area contributed by atoms with Crippen molar-refractivity contribution in [3.05, 3.63) is 29.8 Å². The number of amides is 1. The number of hydrogen-bond donors (Lipinski definition) is 1. The molecule has 1 aromatic carbocycles. The van der Waals surface area contributed by atoms with Gasteiger partial charge in [0, 0.05) is 5.69 Å². The monoisotopic (exact) mass is 313 g/mol. The van der Waals surface area contributed by atoms with Gasteiger partial charge in [0.1, 0.15) is 0 Å². The van der Waals surface area contributed by atoms with Crippen molar-refractivity contribution in [1.29, 1.82) is 0 Å². The first-order valence-corrected chi connectivity index (χ1v) is 6.68. The van der Waals surface area contributed by atoms with Crippen molar-refractivity contribution in [1.82, 2.24) is 0 Å². The average molecular weight is 314 g/mol. The number of ether oxygens (including phenoxy) is 1. The molecule has 5 heteroatoms. The summed E-state index contributed by atoms with van der Waals surface area (Å²) in [6.45, 7) is 4.09. The number of halogens is 1. The van der Waals surface area contributed by atoms with Gasteiger partial charge in [0.2, 0.25) is 5.91 Å². The van der Waals surface area contributed by atoms with Crippen molar-refractivity contribution in [2.75, 3.05) is 11.9 Å². The van der Waals surface area contributed by atoms with E-state index in [0.717, 1.165) is 6.42 Å². The van der Waals surface area contributed by atoms with Crippen molar-refractivity contribution in [3.63, 3.8) is 0 Å². The van der Waals surface area contributed by atoms with Gasteiger partial charge in [-0.25, -0.2) is 4.79 Å². The molecule has 18 heavy (non-hydrogen) atoms. The molecule has 1 N–H and O–H groups in total. The minimum absolute atomic E-state index is 0.128. The van der Waals surface area contributed by atoms with Crippen molar-refractivity contribution in [2.45, 2.75) is 25.1 Å². The van der Waals surface area contributed by atoms with Crippen LogP contribution in [-0.4, -0.2) is 23.3 Å². The zero-order valence-electron chi connectivity index (χ0n) is 10.4. The quantitative estimate of drug-likeness (QED) is 0.671. The molecule has 1 unspecified atom stereocenters. The molecule has 98 valence electrons. The van der Waals surface area contributed by atoms with Crippen LogP contribution < -0.4 is 5.32 Å². The van der Waals surface area contributed by atoms with Gasteiger partial charge < -0.3 is 10.1 Å². The number of rotatable bonds is 5. The van der Waals surface area contributed by atoms with Crippen LogP contribution in [0.2, 0.25) is 0 Å². The fraction of sp³-hybridized carbons (Fsp3) is 0.385. The second kappa shape index (κ2) is 7.16. The maximum absolute atomic E-state index is 11.5. The Labute approximate surface area is 115 Å². The molecule has 0 saturated carbocycles. The first-order chi connectivity index (χ1) is 8.54. The number of hydrogen-bond acceptors (Lipinski definition) is 3. The SMILES string of the molecule is CCCOC(=O)c1ccc(NC(=O)C(C)Br)cc1. The first kappa shape index (κ1) is 14.7. The molecule has 1 aromatic rings. The number of alkyl halides is 1. The summed E-state index contributed by atoms with van der Waals surface area (Å²) in [5.41, 5.74) is 1.13. The standard InChI is InChI=1S/C13H16BrNO3/c1-3-8-18-13(17)10-4-6-11(7-5-10)15-12(16)9(2)14/h4-7,9H,3,8H2,1-2H3,(H,15,16). The molecule has 1 rings (SSSR count). The summed E-state index contributed by atoms with van der Waals surface area (Å²) in [6.07, 6.45) is 0.795. The topological polar surface area (TPSA) is 55.4 Å². The maximum atomic E-state index is 11.5. The van der Waals surface area contributed by atoms with Crippen LogP contribution in [0.15, 0.2) is 24.3 Å². The van der Waals surface area contributed by atoms with E-state index in [-0.39, 0.29) is 16.7 Å². The smallest absolute Gasteiger partial charge is 0.338 e. The Hall–Kier alpha value is -1.36. The first-order valence-electron chi connectivity index (χ1n) is 5.76. The van der Waals surface area contributed by atoms with Crippen molar-refractivity contribution in [3.8, 4) is 0 Å². The van der Waals surface area contributed by atoms with E-state index in [2.05, 4.69) is 21.2 Å². The molecule has 0 aliphatic carbocycles. The Bertz CT molecular complexity index is 415. The van der Waals surface area contributed by atoms with Gasteiger partial charge >= 0.3 is 5.97 Å². The lowest BCUT2D eigenvalue weighted by Gasteiger charge is -2.07. The van der Waals surface area contributed by atoms with Crippen LogP contribution >= 0.6 is 15.9 Å². The number of nitrogens with one attached hydrogen (secondary N) is 1. The number of esters is 1. The van der Waals surface area contributed by atoms with Gasteiger partial charge in [0.05, 0.1) is 17.0 Å². The lowest BCUT2D eigenvalue weighted by Crippen LogP contribution is -2.19. The predicted molar refractivity (Wildman–Crippen MR) is 74.0 cm³/mol. The van der Waals surface area contributed by atoms with Gasteiger partial charge in [0.15, 0.2) is 0 Å². The largest absolute Gasteiger partial charge is 0.462 e. The summed E-state index contributed by atoms with van der Waals surface area (Å²) in [5.74, 6) is -0.472. The average Bonchev–Trinajstić information content (AvgIpc) is 2.36. The van der Waals surface area contributed by atoms with E-state index in [1.165, 1.54) is 0 Å². The summed E-state index contributed by atoms with van der Waals surface area (Å²) in [4.78, 5) is 22.7. The zero-order valence-corrected chi connectivity index (χ0v) is 12.0. The third-order valence-corrected chi connectivity index (χ3v) is 2.60. The number of carbonyl (C=O) groups excluding carboxylic acids is 2. The minimum atomic E-state index is -0.344. The zero-order chi connectivity index (χ0) is 13.5. The van der Waals surface area contributed by atoms with E-state index in [0.29, 0.717) is 17.9 Å². The molecule has 0 heterocycles. The number of benzene rings is 1. The van der Waals surface area contributed by atoms with E-state index in [1.54, 1.807) is 31.2 Å². The fourth-order valence-corrected chi connectivity index (χ4v) is 1.32. The highest BCUT2D eigenvalue weighted by molar-refractivity contribution is 9.10. The van der Waals surface area contributed by atoms with Gasteiger partial charge in [0.25, 0.3) is 0 Å². The summed E-state index contributed by atoms with van der Waals surface area (Å²) < 4.78 is 5.00. The van der Waals surface area contributed by atoms with Crippen molar-refractivity contribution < 1.29 is 14.3 Å². The fourth-order valence-electron chi connectivity index (χ4n) is 1.21. The molecular weight excluding hydrogens is 298 g/mol. The third-order valence-electron chi connectivity index (χ3n) is 2.19. The lowest BCUT2D eigenvalue weighted by molar-refractivity contribution is -0.115. The lowest BCUT2D eigenvalue weighted by atomic mass is 10.2. The van der Waals surface area contributed by atoms with E-state index >= 15 is 0 Å². The van der Waals surface area contributed by atoms with E-state index in [9.17, 15) is 9.59 Å². The highest BCUT2D eigenvalue weighted by Crippen LogP contribution is 2.12. The molecule has 1 amide bonds. The molecule has 0 aromatic heterocycles. The Morgan fingerprint density at radius 1 is 1.33 bits per heavy atom. The second-order valence-corrected chi connectivity index (χ2v) is 5.19. The summed E-state index contributed by atoms with van der Waals surface area (Å²) in [7, 11) is 0. The van der Waals surface area contributed by atoms with E-state index in [4.69, 9.17) is 4.74 Å². The Morgan fingerprint density at radius 3 is 2.44 bits per heavy atom. The van der Waals surface area contributed by atoms with Gasteiger partial charge in [-0.05, 0) is 37.6 Å². The van der Waals surface area contributed by atoms with Crippen LogP contribution in [0, 0.1) is 0 Å². The molecule has 0 spiro atoms. The van der Waals surface area contributed by atoms with E-state index < -0.39 is 0 Å². The van der Waals surface area contributed by atoms with Crippen LogP contribution in [0.1, 0.15) is 30.6 Å². The molecule has 0 fully saturated rings. The Morgan fingerprint density at radius 2 is 1.94 bits per heavy atom. The van der Waals surface area contributed by atoms with Crippen LogP contribution in [0.3, 0.4) is 0 Å². The second-order valence-electron chi connectivity index (χ2n) is 3.82. The van der Waals surface area contributed by atoms with Crippen LogP contribution in [0.5, 0.6) is 0 Å². The van der Waals surface area contributed by atoms with Gasteiger partial charge in [-0.15, -0.1) is 0 Å². The summed E-state index contributed by atoms with van der Waals surface area (Å²) in [6, 6.07) is 6.62. The predicted octanol–water partition coefficient (Wildman–Crippen LogP) is 2.98. The van der Waals surface area contributed by atoms with Crippen LogP contribution in [0.25, 0.3) is 0 Å². The summed E-state index contributed by atoms with van der Waals surface area (Å²) >= 11 is 3.18. The molecule has 0 radical (unpaired) electrons. The Kier molecular flexibility index (Phi) is 5.85. The van der Waals surface area contributed by atoms with Gasteiger partial charge in [-0.1, -0.05) is 22.9 Å². The molecule has 0 aliphatic heterocycles. The maximum Gasteiger partial charge on any atom is 0.338 e. The van der Waals surface area contributed by atoms with Gasteiger partial charge in [-0.2, -0.15) is 0 Å². The van der Waals surface area contributed by atoms with Crippen LogP contribution in [-0.2, 0) is 9.53 Å². The number of carbonyl (C=O) groups is 2. The van der Waals surface area contributed by atoms with Crippen molar-refractivity contribution >= 4 is 33.5 Å². The minimum Gasteiger partial charge on any atom is -0.462 e. The molecule has 4 nitrogen and oxygen atoms in total. The van der Waals surface area contributed by atoms with E-state index in [1.807, 2.05) is 6.92 Å². The third kappa shape index (κ3) is 4.49. The number of anilines is 1. The molecule has 0 aliphatic rings. The van der Waals surface area contributed by atoms with Crippen molar-refractivity contribution in [2.24, 2.45) is 0 Å². The molecule has 0 bridgehead atoms. The van der Waals surface area contributed by atoms with Crippen LogP contribution in [0.4, 0.5) is 5.69 Å². The highest BCUT2D eigenvalue weighted by Gasteiger charge is 2.10. The summed E-state index contributed by atoms with van der Waals surface area (Å²) in [5, 5.41) is 2.71. The normalized spacial score (nSPS) is 11.7. The molecule has 1 atom stereocenters. The van der Waals surface area contributed by atoms with Gasteiger partial charge in [-0.3, -0.25) is 4.79 Å². The molecular formula is C13H16BrNO3. The highest BCUT2D eigenvalue weighted by atomic mass is 79.9. The Balaban J connectivity index is 2.62.